The summed E-state index contributed by atoms with van der Waals surface area (Å²) >= 11 is 0. The predicted molar refractivity (Wildman–Crippen MR) is 46.7 cm³/mol. The normalized spacial score (nSPS) is 15.4. The first-order chi connectivity index (χ1) is 6.04. The second-order valence-corrected chi connectivity index (χ2v) is 2.94. The molecule has 0 heterocycles. The standard InChI is InChI=1S/C9H12FNO2/c1-5(12)9(11)8-6(10)3-2-4-7(8)13/h2-5,9,12-13H,11H2,1H3/t5-,9-/m0/s1. The molecule has 1 aromatic rings. The van der Waals surface area contributed by atoms with E-state index in [1.54, 1.807) is 0 Å². The van der Waals surface area contributed by atoms with Gasteiger partial charge in [0.2, 0.25) is 0 Å². The Balaban J connectivity index is 3.12. The Bertz CT molecular complexity index is 281. The molecule has 2 atom stereocenters. The van der Waals surface area contributed by atoms with Gasteiger partial charge in [0.15, 0.2) is 0 Å². The van der Waals surface area contributed by atoms with Crippen molar-refractivity contribution in [2.24, 2.45) is 5.73 Å². The summed E-state index contributed by atoms with van der Waals surface area (Å²) in [4.78, 5) is 0. The van der Waals surface area contributed by atoms with Gasteiger partial charge in [0.05, 0.1) is 12.1 Å². The van der Waals surface area contributed by atoms with Crippen LogP contribution >= 0.6 is 0 Å². The van der Waals surface area contributed by atoms with E-state index in [-0.39, 0.29) is 11.3 Å². The fourth-order valence-corrected chi connectivity index (χ4v) is 1.10. The van der Waals surface area contributed by atoms with Crippen LogP contribution in [0, 0.1) is 5.82 Å². The van der Waals surface area contributed by atoms with E-state index in [1.807, 2.05) is 0 Å². The number of phenolic OH excluding ortho intramolecular Hbond substituents is 1. The minimum atomic E-state index is -0.902. The third kappa shape index (κ3) is 1.96. The molecule has 0 amide bonds. The number of rotatable bonds is 2. The number of benzene rings is 1. The van der Waals surface area contributed by atoms with E-state index in [0.29, 0.717) is 0 Å². The van der Waals surface area contributed by atoms with E-state index in [9.17, 15) is 9.50 Å². The first-order valence-electron chi connectivity index (χ1n) is 3.95. The average molecular weight is 185 g/mol. The van der Waals surface area contributed by atoms with Crippen molar-refractivity contribution >= 4 is 0 Å². The van der Waals surface area contributed by atoms with Crippen LogP contribution in [-0.4, -0.2) is 16.3 Å². The Morgan fingerprint density at radius 1 is 1.46 bits per heavy atom. The summed E-state index contributed by atoms with van der Waals surface area (Å²) < 4.78 is 13.1. The second-order valence-electron chi connectivity index (χ2n) is 2.94. The molecule has 0 bridgehead atoms. The number of aromatic hydroxyl groups is 1. The summed E-state index contributed by atoms with van der Waals surface area (Å²) in [6.45, 7) is 1.44. The largest absolute Gasteiger partial charge is 0.507 e. The summed E-state index contributed by atoms with van der Waals surface area (Å²) in [6, 6.07) is 3.00. The minimum absolute atomic E-state index is 0.0440. The lowest BCUT2D eigenvalue weighted by molar-refractivity contribution is 0.161. The predicted octanol–water partition coefficient (Wildman–Crippen LogP) is 0.912. The molecular weight excluding hydrogens is 173 g/mol. The van der Waals surface area contributed by atoms with Gasteiger partial charge in [-0.05, 0) is 19.1 Å². The highest BCUT2D eigenvalue weighted by atomic mass is 19.1. The van der Waals surface area contributed by atoms with Gasteiger partial charge in [0.25, 0.3) is 0 Å². The number of aliphatic hydroxyl groups is 1. The minimum Gasteiger partial charge on any atom is -0.507 e. The molecule has 0 aliphatic carbocycles. The topological polar surface area (TPSA) is 66.5 Å². The highest BCUT2D eigenvalue weighted by Gasteiger charge is 2.19. The Morgan fingerprint density at radius 2 is 2.08 bits per heavy atom. The molecule has 0 spiro atoms. The van der Waals surface area contributed by atoms with Crippen LogP contribution in [0.5, 0.6) is 5.75 Å². The van der Waals surface area contributed by atoms with Crippen LogP contribution in [0.1, 0.15) is 18.5 Å². The molecule has 0 fully saturated rings. The molecule has 0 saturated heterocycles. The van der Waals surface area contributed by atoms with Gasteiger partial charge in [-0.3, -0.25) is 0 Å². The first kappa shape index (κ1) is 9.95. The van der Waals surface area contributed by atoms with Crippen molar-refractivity contribution in [3.05, 3.63) is 29.6 Å². The van der Waals surface area contributed by atoms with Crippen LogP contribution in [0.4, 0.5) is 4.39 Å². The van der Waals surface area contributed by atoms with E-state index < -0.39 is 18.0 Å². The fourth-order valence-electron chi connectivity index (χ4n) is 1.10. The lowest BCUT2D eigenvalue weighted by Crippen LogP contribution is -2.24. The highest BCUT2D eigenvalue weighted by Crippen LogP contribution is 2.26. The van der Waals surface area contributed by atoms with E-state index in [1.165, 1.54) is 25.1 Å². The van der Waals surface area contributed by atoms with Crippen LogP contribution in [0.2, 0.25) is 0 Å². The molecule has 0 saturated carbocycles. The summed E-state index contributed by atoms with van der Waals surface area (Å²) in [7, 11) is 0. The molecule has 0 aliphatic heterocycles. The Morgan fingerprint density at radius 3 is 2.54 bits per heavy atom. The third-order valence-electron chi connectivity index (χ3n) is 1.88. The average Bonchev–Trinajstić information content (AvgIpc) is 2.03. The molecule has 0 radical (unpaired) electrons. The van der Waals surface area contributed by atoms with Gasteiger partial charge in [0, 0.05) is 5.56 Å². The Labute approximate surface area is 75.6 Å². The Hall–Kier alpha value is -1.13. The smallest absolute Gasteiger partial charge is 0.131 e. The molecule has 72 valence electrons. The van der Waals surface area contributed by atoms with Crippen molar-refractivity contribution in [2.75, 3.05) is 0 Å². The van der Waals surface area contributed by atoms with E-state index in [0.717, 1.165) is 0 Å². The summed E-state index contributed by atoms with van der Waals surface area (Å²) in [5, 5.41) is 18.4. The highest BCUT2D eigenvalue weighted by molar-refractivity contribution is 5.36. The van der Waals surface area contributed by atoms with Gasteiger partial charge < -0.3 is 15.9 Å². The zero-order valence-corrected chi connectivity index (χ0v) is 7.24. The zero-order chi connectivity index (χ0) is 10.0. The fraction of sp³-hybridized carbons (Fsp3) is 0.333. The van der Waals surface area contributed by atoms with Crippen LogP contribution in [0.15, 0.2) is 18.2 Å². The Kier molecular flexibility index (Phi) is 2.85. The molecule has 13 heavy (non-hydrogen) atoms. The molecule has 0 aliphatic rings. The van der Waals surface area contributed by atoms with Crippen LogP contribution in [0.3, 0.4) is 0 Å². The first-order valence-corrected chi connectivity index (χ1v) is 3.95. The number of hydrogen-bond donors (Lipinski definition) is 3. The van der Waals surface area contributed by atoms with Gasteiger partial charge in [-0.25, -0.2) is 4.39 Å². The van der Waals surface area contributed by atoms with E-state index in [4.69, 9.17) is 10.8 Å². The van der Waals surface area contributed by atoms with E-state index in [2.05, 4.69) is 0 Å². The quantitative estimate of drug-likeness (QED) is 0.641. The van der Waals surface area contributed by atoms with Gasteiger partial charge in [-0.15, -0.1) is 0 Å². The SMILES string of the molecule is C[C@H](O)[C@H](N)c1c(O)cccc1F. The van der Waals surface area contributed by atoms with Gasteiger partial charge in [0.1, 0.15) is 11.6 Å². The summed E-state index contributed by atoms with van der Waals surface area (Å²) in [6.07, 6.45) is -0.900. The maximum Gasteiger partial charge on any atom is 0.131 e. The van der Waals surface area contributed by atoms with Crippen molar-refractivity contribution < 1.29 is 14.6 Å². The zero-order valence-electron chi connectivity index (χ0n) is 7.24. The second kappa shape index (κ2) is 3.72. The van der Waals surface area contributed by atoms with E-state index >= 15 is 0 Å². The van der Waals surface area contributed by atoms with Gasteiger partial charge in [-0.1, -0.05) is 6.07 Å². The molecule has 0 unspecified atom stereocenters. The van der Waals surface area contributed by atoms with Crippen molar-refractivity contribution in [1.82, 2.24) is 0 Å². The monoisotopic (exact) mass is 185 g/mol. The van der Waals surface area contributed by atoms with Crippen molar-refractivity contribution in [3.8, 4) is 5.75 Å². The molecule has 1 rings (SSSR count). The summed E-state index contributed by atoms with van der Waals surface area (Å²) in [5.41, 5.74) is 5.45. The van der Waals surface area contributed by atoms with Crippen molar-refractivity contribution in [2.45, 2.75) is 19.1 Å². The van der Waals surface area contributed by atoms with Crippen molar-refractivity contribution in [1.29, 1.82) is 0 Å². The molecular formula is C9H12FNO2. The number of nitrogens with two attached hydrogens (primary N) is 1. The number of phenols is 1. The number of aliphatic hydroxyl groups excluding tert-OH is 1. The lowest BCUT2D eigenvalue weighted by Gasteiger charge is -2.16. The molecule has 0 aromatic heterocycles. The summed E-state index contributed by atoms with van der Waals surface area (Å²) in [5.74, 6) is -0.832. The number of halogens is 1. The van der Waals surface area contributed by atoms with Gasteiger partial charge in [-0.2, -0.15) is 0 Å². The van der Waals surface area contributed by atoms with Gasteiger partial charge >= 0.3 is 0 Å². The molecule has 3 nitrogen and oxygen atoms in total. The maximum absolute atomic E-state index is 13.1. The molecule has 4 heteroatoms. The molecule has 4 N–H and O–H groups in total. The van der Waals surface area contributed by atoms with Crippen molar-refractivity contribution in [3.63, 3.8) is 0 Å². The lowest BCUT2D eigenvalue weighted by atomic mass is 10.0. The number of hydrogen-bond acceptors (Lipinski definition) is 3. The maximum atomic E-state index is 13.1. The van der Waals surface area contributed by atoms with Crippen LogP contribution in [-0.2, 0) is 0 Å². The molecule has 1 aromatic carbocycles. The van der Waals surface area contributed by atoms with Crippen LogP contribution in [0.25, 0.3) is 0 Å². The third-order valence-corrected chi connectivity index (χ3v) is 1.88. The van der Waals surface area contributed by atoms with Crippen LogP contribution < -0.4 is 5.73 Å².